The van der Waals surface area contributed by atoms with Gasteiger partial charge >= 0.3 is 0 Å². The molecule has 3 aromatic carbocycles. The van der Waals surface area contributed by atoms with Crippen molar-refractivity contribution >= 4 is 40.9 Å². The Kier molecular flexibility index (Phi) is 8.11. The maximum atomic E-state index is 13.6. The molecule has 1 aromatic heterocycles. The van der Waals surface area contributed by atoms with E-state index in [2.05, 4.69) is 10.6 Å². The van der Waals surface area contributed by atoms with Crippen LogP contribution in [0.5, 0.6) is 11.5 Å². The number of methoxy groups -OCH3 is 2. The van der Waals surface area contributed by atoms with Crippen molar-refractivity contribution in [1.82, 2.24) is 4.90 Å². The molecule has 0 saturated carbocycles. The number of rotatable bonds is 10. The van der Waals surface area contributed by atoms with Crippen LogP contribution < -0.4 is 20.1 Å². The highest BCUT2D eigenvalue weighted by Gasteiger charge is 2.40. The number of nitrogens with zero attached hydrogens (tertiary/aromatic N) is 1. The summed E-state index contributed by atoms with van der Waals surface area (Å²) in [6.07, 6.45) is 1.49. The SMILES string of the molecule is COc1ccc(C(=O)Nc2cccc(SC3=C(Nc4cc(C)ccc4OC)C(=O)N(Cc4ccco4)C3=O)c2)cc1. The quantitative estimate of drug-likeness (QED) is 0.229. The number of carbonyl (C=O) groups excluding carboxylic acids is 3. The molecule has 4 aromatic rings. The van der Waals surface area contributed by atoms with E-state index in [1.54, 1.807) is 73.8 Å². The average molecular weight is 570 g/mol. The summed E-state index contributed by atoms with van der Waals surface area (Å²) in [5, 5.41) is 6.03. The molecule has 0 radical (unpaired) electrons. The number of aryl methyl sites for hydroxylation is 1. The molecule has 1 aliphatic rings. The molecule has 0 atom stereocenters. The zero-order valence-electron chi connectivity index (χ0n) is 22.6. The molecule has 0 fully saturated rings. The summed E-state index contributed by atoms with van der Waals surface area (Å²) in [7, 11) is 3.10. The Bertz CT molecular complexity index is 1630. The van der Waals surface area contributed by atoms with Crippen LogP contribution in [-0.2, 0) is 16.1 Å². The number of hydrogen-bond donors (Lipinski definition) is 2. The molecule has 208 valence electrons. The zero-order chi connectivity index (χ0) is 28.9. The van der Waals surface area contributed by atoms with Crippen molar-refractivity contribution in [3.8, 4) is 11.5 Å². The van der Waals surface area contributed by atoms with Crippen molar-refractivity contribution in [3.63, 3.8) is 0 Å². The average Bonchev–Trinajstić information content (AvgIpc) is 3.57. The molecule has 5 rings (SSSR count). The fourth-order valence-electron chi connectivity index (χ4n) is 4.22. The van der Waals surface area contributed by atoms with E-state index < -0.39 is 11.8 Å². The standard InChI is InChI=1S/C31H27N3O6S/c1-19-9-14-26(39-3)25(16-19)33-27-28(31(37)34(30(27)36)18-23-7-5-15-40-23)41-24-8-4-6-21(17-24)32-29(35)20-10-12-22(38-2)13-11-20/h4-17,33H,18H2,1-3H3,(H,32,35). The monoisotopic (exact) mass is 569 g/mol. The predicted molar refractivity (Wildman–Crippen MR) is 156 cm³/mol. The number of nitrogens with one attached hydrogen (secondary N) is 2. The van der Waals surface area contributed by atoms with Gasteiger partial charge in [0.05, 0.1) is 32.7 Å². The third-order valence-corrected chi connectivity index (χ3v) is 7.37. The van der Waals surface area contributed by atoms with Crippen molar-refractivity contribution in [2.45, 2.75) is 18.4 Å². The van der Waals surface area contributed by atoms with E-state index >= 15 is 0 Å². The summed E-state index contributed by atoms with van der Waals surface area (Å²) in [5.74, 6) is 0.422. The number of thioether (sulfide) groups is 1. The number of carbonyl (C=O) groups is 3. The zero-order valence-corrected chi connectivity index (χ0v) is 23.4. The molecule has 3 amide bonds. The summed E-state index contributed by atoms with van der Waals surface area (Å²) in [6.45, 7) is 1.91. The molecule has 0 aliphatic carbocycles. The number of furan rings is 1. The number of amides is 3. The van der Waals surface area contributed by atoms with E-state index in [9.17, 15) is 14.4 Å². The Hall–Kier alpha value is -4.96. The normalized spacial score (nSPS) is 13.0. The molecule has 41 heavy (non-hydrogen) atoms. The van der Waals surface area contributed by atoms with Gasteiger partial charge in [-0.1, -0.05) is 23.9 Å². The lowest BCUT2D eigenvalue weighted by molar-refractivity contribution is -0.138. The van der Waals surface area contributed by atoms with Gasteiger partial charge < -0.3 is 24.5 Å². The molecule has 1 aliphatic heterocycles. The van der Waals surface area contributed by atoms with Gasteiger partial charge in [0.15, 0.2) is 0 Å². The highest BCUT2D eigenvalue weighted by molar-refractivity contribution is 8.04. The number of ether oxygens (including phenoxy) is 2. The smallest absolute Gasteiger partial charge is 0.278 e. The third-order valence-electron chi connectivity index (χ3n) is 6.30. The third kappa shape index (κ3) is 6.12. The highest BCUT2D eigenvalue weighted by atomic mass is 32.2. The minimum Gasteiger partial charge on any atom is -0.497 e. The first-order chi connectivity index (χ1) is 19.9. The largest absolute Gasteiger partial charge is 0.497 e. The Morgan fingerprint density at radius 1 is 0.927 bits per heavy atom. The summed E-state index contributed by atoms with van der Waals surface area (Å²) >= 11 is 1.13. The summed E-state index contributed by atoms with van der Waals surface area (Å²) in [4.78, 5) is 42.0. The van der Waals surface area contributed by atoms with Gasteiger partial charge in [0, 0.05) is 16.1 Å². The van der Waals surface area contributed by atoms with Gasteiger partial charge in [-0.3, -0.25) is 19.3 Å². The Balaban J connectivity index is 1.43. The predicted octanol–water partition coefficient (Wildman–Crippen LogP) is 5.84. The first-order valence-electron chi connectivity index (χ1n) is 12.6. The summed E-state index contributed by atoms with van der Waals surface area (Å²) in [5.41, 5.74) is 2.64. The molecule has 2 heterocycles. The van der Waals surface area contributed by atoms with Crippen LogP contribution in [0.25, 0.3) is 0 Å². The van der Waals surface area contributed by atoms with E-state index in [1.807, 2.05) is 19.1 Å². The second-order valence-corrected chi connectivity index (χ2v) is 10.2. The van der Waals surface area contributed by atoms with Gasteiger partial charge in [0.2, 0.25) is 0 Å². The van der Waals surface area contributed by atoms with E-state index in [0.717, 1.165) is 22.2 Å². The Labute approximate surface area is 241 Å². The van der Waals surface area contributed by atoms with Gasteiger partial charge in [-0.05, 0) is 79.2 Å². The van der Waals surface area contributed by atoms with Crippen LogP contribution in [0.3, 0.4) is 0 Å². The molecule has 9 nitrogen and oxygen atoms in total. The molecule has 10 heteroatoms. The Morgan fingerprint density at radius 3 is 2.44 bits per heavy atom. The van der Waals surface area contributed by atoms with Crippen molar-refractivity contribution < 1.29 is 28.3 Å². The van der Waals surface area contributed by atoms with Crippen LogP contribution in [0.1, 0.15) is 21.7 Å². The summed E-state index contributed by atoms with van der Waals surface area (Å²) in [6, 6.07) is 22.8. The van der Waals surface area contributed by atoms with Gasteiger partial charge in [-0.25, -0.2) is 0 Å². The number of anilines is 2. The second kappa shape index (κ2) is 12.1. The molecular weight excluding hydrogens is 542 g/mol. The second-order valence-electron chi connectivity index (χ2n) is 9.12. The van der Waals surface area contributed by atoms with Crippen LogP contribution in [0.15, 0.2) is 105 Å². The van der Waals surface area contributed by atoms with Crippen LogP contribution in [0.2, 0.25) is 0 Å². The van der Waals surface area contributed by atoms with Crippen LogP contribution in [0.4, 0.5) is 11.4 Å². The van der Waals surface area contributed by atoms with Gasteiger partial charge in [0.25, 0.3) is 17.7 Å². The fraction of sp³-hybridized carbons (Fsp3) is 0.129. The van der Waals surface area contributed by atoms with E-state index in [0.29, 0.717) is 39.1 Å². The molecule has 0 unspecified atom stereocenters. The van der Waals surface area contributed by atoms with E-state index in [4.69, 9.17) is 13.9 Å². The van der Waals surface area contributed by atoms with Crippen molar-refractivity contribution in [2.24, 2.45) is 0 Å². The Morgan fingerprint density at radius 2 is 1.73 bits per heavy atom. The topological polar surface area (TPSA) is 110 Å². The molecule has 0 bridgehead atoms. The molecule has 0 spiro atoms. The maximum absolute atomic E-state index is 13.6. The van der Waals surface area contributed by atoms with Crippen molar-refractivity contribution in [2.75, 3.05) is 24.9 Å². The number of hydrogen-bond acceptors (Lipinski definition) is 8. The van der Waals surface area contributed by atoms with Gasteiger partial charge in [0.1, 0.15) is 27.9 Å². The van der Waals surface area contributed by atoms with Crippen LogP contribution in [0, 0.1) is 6.92 Å². The lowest BCUT2D eigenvalue weighted by atomic mass is 10.2. The van der Waals surface area contributed by atoms with Crippen LogP contribution in [-0.4, -0.2) is 36.8 Å². The van der Waals surface area contributed by atoms with Gasteiger partial charge in [-0.2, -0.15) is 0 Å². The highest BCUT2D eigenvalue weighted by Crippen LogP contribution is 2.38. The number of benzene rings is 3. The molecule has 2 N–H and O–H groups in total. The fourth-order valence-corrected chi connectivity index (χ4v) is 5.22. The first kappa shape index (κ1) is 27.6. The first-order valence-corrected chi connectivity index (χ1v) is 13.5. The lowest BCUT2D eigenvalue weighted by Crippen LogP contribution is -2.31. The van der Waals surface area contributed by atoms with Crippen molar-refractivity contribution in [1.29, 1.82) is 0 Å². The lowest BCUT2D eigenvalue weighted by Gasteiger charge is -2.15. The van der Waals surface area contributed by atoms with E-state index in [-0.39, 0.29) is 23.1 Å². The summed E-state index contributed by atoms with van der Waals surface area (Å²) < 4.78 is 16.0. The number of imide groups is 1. The maximum Gasteiger partial charge on any atom is 0.278 e. The van der Waals surface area contributed by atoms with E-state index in [1.165, 1.54) is 13.4 Å². The molecule has 0 saturated heterocycles. The minimum absolute atomic E-state index is 0.0111. The van der Waals surface area contributed by atoms with Gasteiger partial charge in [-0.15, -0.1) is 0 Å². The van der Waals surface area contributed by atoms with Crippen molar-refractivity contribution in [3.05, 3.63) is 113 Å². The minimum atomic E-state index is -0.485. The van der Waals surface area contributed by atoms with Crippen LogP contribution >= 0.6 is 11.8 Å². The molecular formula is C31H27N3O6S.